The maximum absolute atomic E-state index is 12.5. The van der Waals surface area contributed by atoms with E-state index in [9.17, 15) is 14.2 Å². The first-order chi connectivity index (χ1) is 27.7. The van der Waals surface area contributed by atoms with Crippen LogP contribution in [0.3, 0.4) is 0 Å². The number of unbranched alkanes of at least 4 members (excludes halogenated alkanes) is 33. The van der Waals surface area contributed by atoms with E-state index in [1.807, 2.05) is 0 Å². The largest absolute Gasteiger partial charge is 0.469 e. The summed E-state index contributed by atoms with van der Waals surface area (Å²) < 4.78 is 26.5. The summed E-state index contributed by atoms with van der Waals surface area (Å²) in [6, 6.07) is 0. The maximum Gasteiger partial charge on any atom is 0.469 e. The van der Waals surface area contributed by atoms with Crippen molar-refractivity contribution in [2.24, 2.45) is 5.92 Å². The van der Waals surface area contributed by atoms with E-state index < -0.39 is 32.5 Å². The van der Waals surface area contributed by atoms with Gasteiger partial charge in [-0.3, -0.25) is 14.1 Å². The average Bonchev–Trinajstić information content (AvgIpc) is 3.18. The minimum Gasteiger partial charge on any atom is -0.462 e. The number of rotatable bonds is 46. The molecule has 0 aromatic heterocycles. The van der Waals surface area contributed by atoms with Crippen molar-refractivity contribution in [2.75, 3.05) is 13.2 Å². The average molecular weight is 831 g/mol. The van der Waals surface area contributed by atoms with Gasteiger partial charge in [0.2, 0.25) is 0 Å². The molecule has 340 valence electrons. The zero-order chi connectivity index (χ0) is 41.9. The van der Waals surface area contributed by atoms with Crippen LogP contribution in [0.4, 0.5) is 0 Å². The lowest BCUT2D eigenvalue weighted by atomic mass is 9.99. The molecule has 2 N–H and O–H groups in total. The van der Waals surface area contributed by atoms with Crippen LogP contribution in [-0.2, 0) is 28.2 Å². The second-order valence-corrected chi connectivity index (χ2v) is 18.6. The lowest BCUT2D eigenvalue weighted by molar-refractivity contribution is -0.161. The highest BCUT2D eigenvalue weighted by Gasteiger charge is 2.23. The van der Waals surface area contributed by atoms with Crippen molar-refractivity contribution in [3.05, 3.63) is 0 Å². The van der Waals surface area contributed by atoms with Gasteiger partial charge in [0.05, 0.1) is 6.61 Å². The first-order valence-electron chi connectivity index (χ1n) is 24.7. The molecule has 0 amide bonds. The van der Waals surface area contributed by atoms with E-state index in [1.165, 1.54) is 199 Å². The molecule has 0 aromatic carbocycles. The molecule has 0 bridgehead atoms. The summed E-state index contributed by atoms with van der Waals surface area (Å²) in [5.74, 6) is 0.0373. The van der Waals surface area contributed by atoms with Crippen LogP contribution >= 0.6 is 7.82 Å². The van der Waals surface area contributed by atoms with E-state index in [1.54, 1.807) is 0 Å². The minimum absolute atomic E-state index is 0.220. The monoisotopic (exact) mass is 831 g/mol. The van der Waals surface area contributed by atoms with Gasteiger partial charge in [-0.05, 0) is 18.8 Å². The van der Waals surface area contributed by atoms with Crippen LogP contribution in [0.1, 0.15) is 271 Å². The lowest BCUT2D eigenvalue weighted by Crippen LogP contribution is -2.29. The van der Waals surface area contributed by atoms with Crippen LogP contribution in [0.25, 0.3) is 0 Å². The Morgan fingerprint density at radius 1 is 0.456 bits per heavy atom. The van der Waals surface area contributed by atoms with E-state index in [2.05, 4.69) is 25.3 Å². The Morgan fingerprint density at radius 2 is 0.772 bits per heavy atom. The molecule has 57 heavy (non-hydrogen) atoms. The fourth-order valence-electron chi connectivity index (χ4n) is 7.59. The van der Waals surface area contributed by atoms with E-state index in [0.717, 1.165) is 38.0 Å². The molecular formula is C48H95O8P. The zero-order valence-corrected chi connectivity index (χ0v) is 38.8. The zero-order valence-electron chi connectivity index (χ0n) is 37.9. The summed E-state index contributed by atoms with van der Waals surface area (Å²) in [5, 5.41) is 0. The summed E-state index contributed by atoms with van der Waals surface area (Å²) in [5.41, 5.74) is 0. The molecule has 0 radical (unpaired) electrons. The van der Waals surface area contributed by atoms with Crippen molar-refractivity contribution >= 4 is 19.8 Å². The smallest absolute Gasteiger partial charge is 0.462 e. The van der Waals surface area contributed by atoms with Gasteiger partial charge in [-0.1, -0.05) is 245 Å². The Hall–Kier alpha value is -0.950. The van der Waals surface area contributed by atoms with Gasteiger partial charge in [0.1, 0.15) is 6.61 Å². The van der Waals surface area contributed by atoms with Crippen molar-refractivity contribution in [2.45, 2.75) is 277 Å². The van der Waals surface area contributed by atoms with Gasteiger partial charge in [0.25, 0.3) is 0 Å². The molecule has 0 aromatic rings. The van der Waals surface area contributed by atoms with Crippen LogP contribution in [0, 0.1) is 5.92 Å². The van der Waals surface area contributed by atoms with Gasteiger partial charge in [0, 0.05) is 12.8 Å². The summed E-state index contributed by atoms with van der Waals surface area (Å²) >= 11 is 0. The molecule has 0 heterocycles. The van der Waals surface area contributed by atoms with Gasteiger partial charge in [-0.25, -0.2) is 4.57 Å². The molecule has 0 fully saturated rings. The SMILES string of the molecule is CCCCCCCCCCCCCCCCCCCC(=O)OC[C@H](COP(=O)(O)O)OC(=O)CCCCCCCCCCCCCCCCCCCCC(C)CC. The maximum atomic E-state index is 12.5. The van der Waals surface area contributed by atoms with Crippen LogP contribution in [0.2, 0.25) is 0 Å². The molecule has 0 saturated carbocycles. The van der Waals surface area contributed by atoms with Crippen molar-refractivity contribution in [1.82, 2.24) is 0 Å². The predicted octanol–water partition coefficient (Wildman–Crippen LogP) is 15.4. The summed E-state index contributed by atoms with van der Waals surface area (Å²) in [4.78, 5) is 43.0. The number of phosphoric acid groups is 1. The van der Waals surface area contributed by atoms with Crippen molar-refractivity contribution < 1.29 is 37.9 Å². The second-order valence-electron chi connectivity index (χ2n) is 17.4. The highest BCUT2D eigenvalue weighted by atomic mass is 31.2. The first kappa shape index (κ1) is 56.0. The Balaban J connectivity index is 3.78. The molecule has 0 aliphatic rings. The van der Waals surface area contributed by atoms with Gasteiger partial charge in [0.15, 0.2) is 6.10 Å². The molecule has 0 rings (SSSR count). The van der Waals surface area contributed by atoms with Gasteiger partial charge in [-0.15, -0.1) is 0 Å². The number of hydrogen-bond acceptors (Lipinski definition) is 6. The van der Waals surface area contributed by atoms with Gasteiger partial charge >= 0.3 is 19.8 Å². The topological polar surface area (TPSA) is 119 Å². The van der Waals surface area contributed by atoms with E-state index in [-0.39, 0.29) is 19.4 Å². The van der Waals surface area contributed by atoms with E-state index in [4.69, 9.17) is 19.3 Å². The molecule has 0 saturated heterocycles. The number of carbonyl (C=O) groups excluding carboxylic acids is 2. The van der Waals surface area contributed by atoms with E-state index >= 15 is 0 Å². The van der Waals surface area contributed by atoms with Gasteiger partial charge < -0.3 is 19.3 Å². The number of phosphoric ester groups is 1. The normalized spacial score (nSPS) is 12.9. The number of hydrogen-bond donors (Lipinski definition) is 2. The van der Waals surface area contributed by atoms with Crippen LogP contribution < -0.4 is 0 Å². The molecule has 9 heteroatoms. The fourth-order valence-corrected chi connectivity index (χ4v) is 7.95. The third-order valence-electron chi connectivity index (χ3n) is 11.7. The molecule has 0 aliphatic heterocycles. The van der Waals surface area contributed by atoms with Crippen molar-refractivity contribution in [1.29, 1.82) is 0 Å². The Bertz CT molecular complexity index is 909. The number of carbonyl (C=O) groups is 2. The predicted molar refractivity (Wildman–Crippen MR) is 239 cm³/mol. The standard InChI is InChI=1S/C48H95O8P/c1-4-6-7-8-9-10-11-12-13-16-20-23-26-29-32-35-38-41-47(49)54-43-46(44-55-57(51,52)53)56-48(50)42-39-36-33-30-27-24-21-18-15-14-17-19-22-25-28-31-34-37-40-45(3)5-2/h45-46H,4-44H2,1-3H3,(H2,51,52,53)/t45?,46-/m1/s1. The van der Waals surface area contributed by atoms with Crippen LogP contribution in [0.5, 0.6) is 0 Å². The highest BCUT2D eigenvalue weighted by molar-refractivity contribution is 7.46. The summed E-state index contributed by atoms with van der Waals surface area (Å²) in [6.07, 6.45) is 46.8. The minimum atomic E-state index is -4.75. The quantitative estimate of drug-likeness (QED) is 0.0354. The van der Waals surface area contributed by atoms with Crippen LogP contribution in [0.15, 0.2) is 0 Å². The fraction of sp³-hybridized carbons (Fsp3) is 0.958. The summed E-state index contributed by atoms with van der Waals surface area (Å²) in [7, 11) is -4.75. The summed E-state index contributed by atoms with van der Waals surface area (Å²) in [6.45, 7) is 6.13. The number of esters is 2. The third kappa shape index (κ3) is 46.0. The number of ether oxygens (including phenoxy) is 2. The Kier molecular flexibility index (Phi) is 42.4. The third-order valence-corrected chi connectivity index (χ3v) is 12.2. The van der Waals surface area contributed by atoms with Crippen molar-refractivity contribution in [3.63, 3.8) is 0 Å². The van der Waals surface area contributed by atoms with E-state index in [0.29, 0.717) is 6.42 Å². The van der Waals surface area contributed by atoms with Crippen molar-refractivity contribution in [3.8, 4) is 0 Å². The van der Waals surface area contributed by atoms with Gasteiger partial charge in [-0.2, -0.15) is 0 Å². The Morgan fingerprint density at radius 3 is 1.11 bits per heavy atom. The highest BCUT2D eigenvalue weighted by Crippen LogP contribution is 2.36. The molecule has 0 aliphatic carbocycles. The van der Waals surface area contributed by atoms with Crippen LogP contribution in [-0.4, -0.2) is 41.0 Å². The molecule has 8 nitrogen and oxygen atoms in total. The second kappa shape index (κ2) is 43.1. The molecular weight excluding hydrogens is 735 g/mol. The molecule has 0 spiro atoms. The molecule has 1 unspecified atom stereocenters. The first-order valence-corrected chi connectivity index (χ1v) is 26.3. The Labute approximate surface area is 353 Å². The molecule has 2 atom stereocenters. The lowest BCUT2D eigenvalue weighted by Gasteiger charge is -2.18.